The molecule has 4 heterocycles. The quantitative estimate of drug-likeness (QED) is 0.334. The van der Waals surface area contributed by atoms with Crippen molar-refractivity contribution in [1.82, 2.24) is 24.1 Å². The van der Waals surface area contributed by atoms with Crippen LogP contribution in [-0.4, -0.2) is 38.3 Å². The second-order valence-electron chi connectivity index (χ2n) is 10.3. The van der Waals surface area contributed by atoms with Gasteiger partial charge in [-0.05, 0) is 43.9 Å². The SMILES string of the molecule is CCS(=O)(=O)c1cc(-c2ccc(C3(C#N)CC3)nc2)cnc1-c1nc2cc(C(F)(F)F)n(C3CC3)c(=O)c2n1C. The minimum Gasteiger partial charge on any atom is -0.321 e. The number of pyridine rings is 3. The molecule has 206 valence electrons. The first-order valence-corrected chi connectivity index (χ1v) is 14.4. The van der Waals surface area contributed by atoms with Gasteiger partial charge in [0.15, 0.2) is 15.7 Å². The average molecular weight is 569 g/mol. The number of halogens is 3. The normalized spacial score (nSPS) is 16.7. The van der Waals surface area contributed by atoms with Crippen molar-refractivity contribution < 1.29 is 21.6 Å². The number of fused-ring (bicyclic) bond motifs is 1. The maximum absolute atomic E-state index is 13.9. The number of hydrogen-bond acceptors (Lipinski definition) is 7. The van der Waals surface area contributed by atoms with Gasteiger partial charge in [-0.2, -0.15) is 18.4 Å². The predicted molar refractivity (Wildman–Crippen MR) is 139 cm³/mol. The molecule has 0 unspecified atom stereocenters. The number of nitrogens with zero attached hydrogens (tertiary/aromatic N) is 6. The summed E-state index contributed by atoms with van der Waals surface area (Å²) in [4.78, 5) is 26.2. The second-order valence-corrected chi connectivity index (χ2v) is 12.5. The lowest BCUT2D eigenvalue weighted by Gasteiger charge is -2.15. The van der Waals surface area contributed by atoms with Crippen molar-refractivity contribution in [2.45, 2.75) is 55.1 Å². The molecule has 13 heteroatoms. The van der Waals surface area contributed by atoms with E-state index in [0.717, 1.165) is 23.5 Å². The van der Waals surface area contributed by atoms with Gasteiger partial charge in [-0.25, -0.2) is 13.4 Å². The van der Waals surface area contributed by atoms with Crippen LogP contribution in [-0.2, 0) is 28.5 Å². The Bertz CT molecular complexity index is 1900. The molecule has 40 heavy (non-hydrogen) atoms. The van der Waals surface area contributed by atoms with Gasteiger partial charge in [-0.15, -0.1) is 0 Å². The average Bonchev–Trinajstić information content (AvgIpc) is 3.86. The van der Waals surface area contributed by atoms with Crippen molar-refractivity contribution in [3.63, 3.8) is 0 Å². The molecule has 0 spiro atoms. The highest BCUT2D eigenvalue weighted by molar-refractivity contribution is 7.91. The monoisotopic (exact) mass is 568 g/mol. The molecule has 6 rings (SSSR count). The van der Waals surface area contributed by atoms with Gasteiger partial charge in [0.05, 0.1) is 33.3 Å². The first-order chi connectivity index (χ1) is 18.9. The molecule has 9 nitrogen and oxygen atoms in total. The van der Waals surface area contributed by atoms with Crippen LogP contribution in [0.5, 0.6) is 0 Å². The minimum atomic E-state index is -4.76. The number of aromatic nitrogens is 5. The molecule has 2 fully saturated rings. The molecule has 2 aliphatic rings. The van der Waals surface area contributed by atoms with E-state index in [0.29, 0.717) is 29.7 Å². The molecule has 0 aromatic carbocycles. The topological polar surface area (TPSA) is 124 Å². The van der Waals surface area contributed by atoms with Crippen molar-refractivity contribution in [2.24, 2.45) is 7.05 Å². The molecule has 0 saturated heterocycles. The summed E-state index contributed by atoms with van der Waals surface area (Å²) in [7, 11) is -2.42. The van der Waals surface area contributed by atoms with Crippen LogP contribution in [0.15, 0.2) is 46.3 Å². The Morgan fingerprint density at radius 3 is 2.38 bits per heavy atom. The summed E-state index contributed by atoms with van der Waals surface area (Å²) in [6.45, 7) is 1.47. The number of alkyl halides is 3. The van der Waals surface area contributed by atoms with Gasteiger partial charge in [0, 0.05) is 36.6 Å². The fraction of sp³-hybridized carbons (Fsp3) is 0.370. The van der Waals surface area contributed by atoms with Crippen molar-refractivity contribution in [3.05, 3.63) is 58.4 Å². The van der Waals surface area contributed by atoms with E-state index in [4.69, 9.17) is 0 Å². The zero-order valence-corrected chi connectivity index (χ0v) is 22.3. The van der Waals surface area contributed by atoms with Crippen LogP contribution in [0.2, 0.25) is 0 Å². The highest BCUT2D eigenvalue weighted by atomic mass is 32.2. The summed E-state index contributed by atoms with van der Waals surface area (Å²) in [5.74, 6) is -0.297. The molecule has 0 atom stereocenters. The van der Waals surface area contributed by atoms with Crippen molar-refractivity contribution >= 4 is 20.9 Å². The van der Waals surface area contributed by atoms with E-state index in [9.17, 15) is 31.6 Å². The first-order valence-electron chi connectivity index (χ1n) is 12.7. The lowest BCUT2D eigenvalue weighted by Crippen LogP contribution is -2.28. The summed E-state index contributed by atoms with van der Waals surface area (Å²) in [5, 5.41) is 9.43. The van der Waals surface area contributed by atoms with Crippen molar-refractivity contribution in [1.29, 1.82) is 5.26 Å². The summed E-state index contributed by atoms with van der Waals surface area (Å²) in [5.41, 5.74) is -1.12. The van der Waals surface area contributed by atoms with Crippen LogP contribution >= 0.6 is 0 Å². The van der Waals surface area contributed by atoms with E-state index in [1.54, 1.807) is 18.3 Å². The summed E-state index contributed by atoms with van der Waals surface area (Å²) < 4.78 is 70.0. The third-order valence-electron chi connectivity index (χ3n) is 7.61. The molecule has 0 amide bonds. The van der Waals surface area contributed by atoms with E-state index < -0.39 is 38.7 Å². The smallest absolute Gasteiger partial charge is 0.321 e. The molecule has 0 aliphatic heterocycles. The summed E-state index contributed by atoms with van der Waals surface area (Å²) in [6, 6.07) is 7.49. The Morgan fingerprint density at radius 1 is 1.12 bits per heavy atom. The van der Waals surface area contributed by atoms with Crippen LogP contribution in [0.4, 0.5) is 13.2 Å². The largest absolute Gasteiger partial charge is 0.431 e. The van der Waals surface area contributed by atoms with Gasteiger partial charge in [0.25, 0.3) is 5.56 Å². The fourth-order valence-electron chi connectivity index (χ4n) is 4.98. The highest BCUT2D eigenvalue weighted by Gasteiger charge is 2.46. The van der Waals surface area contributed by atoms with Crippen LogP contribution < -0.4 is 5.56 Å². The van der Waals surface area contributed by atoms with Gasteiger partial charge < -0.3 is 4.57 Å². The highest BCUT2D eigenvalue weighted by Crippen LogP contribution is 2.47. The van der Waals surface area contributed by atoms with Gasteiger partial charge in [-0.3, -0.25) is 19.3 Å². The lowest BCUT2D eigenvalue weighted by atomic mass is 10.0. The van der Waals surface area contributed by atoms with Crippen LogP contribution in [0.25, 0.3) is 33.7 Å². The zero-order chi connectivity index (χ0) is 28.6. The molecule has 2 aliphatic carbocycles. The Kier molecular flexibility index (Phi) is 5.71. The summed E-state index contributed by atoms with van der Waals surface area (Å²) >= 11 is 0. The molecule has 0 radical (unpaired) electrons. The van der Waals surface area contributed by atoms with Gasteiger partial charge in [0.2, 0.25) is 0 Å². The fourth-order valence-corrected chi connectivity index (χ4v) is 6.04. The maximum atomic E-state index is 13.9. The Morgan fingerprint density at radius 2 is 1.82 bits per heavy atom. The van der Waals surface area contributed by atoms with Crippen LogP contribution in [0.1, 0.15) is 50.0 Å². The van der Waals surface area contributed by atoms with Gasteiger partial charge in [-0.1, -0.05) is 13.0 Å². The number of hydrogen-bond donors (Lipinski definition) is 0. The molecule has 0 N–H and O–H groups in total. The third-order valence-corrected chi connectivity index (χ3v) is 9.35. The van der Waals surface area contributed by atoms with Gasteiger partial charge in [0.1, 0.15) is 16.9 Å². The molecule has 4 aromatic heterocycles. The Hall–Kier alpha value is -4.05. The predicted octanol–water partition coefficient (Wildman–Crippen LogP) is 4.56. The van der Waals surface area contributed by atoms with E-state index in [2.05, 4.69) is 21.0 Å². The lowest BCUT2D eigenvalue weighted by molar-refractivity contribution is -0.144. The van der Waals surface area contributed by atoms with Crippen molar-refractivity contribution in [3.8, 4) is 28.7 Å². The van der Waals surface area contributed by atoms with Crippen molar-refractivity contribution in [2.75, 3.05) is 5.75 Å². The van der Waals surface area contributed by atoms with E-state index >= 15 is 0 Å². The number of imidazole rings is 1. The first kappa shape index (κ1) is 26.2. The third kappa shape index (κ3) is 4.09. The molecular weight excluding hydrogens is 545 g/mol. The summed E-state index contributed by atoms with van der Waals surface area (Å²) in [6.07, 6.45) is 0.627. The number of sulfone groups is 1. The Balaban J connectivity index is 1.52. The second kappa shape index (κ2) is 8.72. The maximum Gasteiger partial charge on any atom is 0.431 e. The molecule has 2 saturated carbocycles. The zero-order valence-electron chi connectivity index (χ0n) is 21.5. The van der Waals surface area contributed by atoms with E-state index in [-0.39, 0.29) is 33.2 Å². The van der Waals surface area contributed by atoms with Gasteiger partial charge >= 0.3 is 6.18 Å². The molecular formula is C27H23F3N6O3S. The van der Waals surface area contributed by atoms with Crippen LogP contribution in [0.3, 0.4) is 0 Å². The molecule has 4 aromatic rings. The number of rotatable bonds is 6. The number of nitriles is 1. The minimum absolute atomic E-state index is 0.0366. The number of aryl methyl sites for hydroxylation is 1. The van der Waals surface area contributed by atoms with Crippen LogP contribution in [0, 0.1) is 11.3 Å². The molecule has 0 bridgehead atoms. The Labute approximate surface area is 226 Å². The van der Waals surface area contributed by atoms with E-state index in [1.165, 1.54) is 30.8 Å². The van der Waals surface area contributed by atoms with E-state index in [1.807, 2.05) is 0 Å². The standard InChI is InChI=1S/C27H23F3N6O3S/c1-3-40(38,39)19-10-16(15-4-7-20(32-12-15)26(14-31)8-9-26)13-33-22(19)24-34-18-11-21(27(28,29)30)36(17-5-6-17)25(37)23(18)35(24)2/h4,7,10-13,17H,3,5-6,8-9H2,1-2H3.